The van der Waals surface area contributed by atoms with E-state index in [0.717, 1.165) is 16.6 Å². The molecule has 5 aromatic rings. The van der Waals surface area contributed by atoms with Crippen LogP contribution in [-0.4, -0.2) is 42.8 Å². The summed E-state index contributed by atoms with van der Waals surface area (Å²) in [4.78, 5) is 62.5. The Hall–Kier alpha value is -6.42. The molecule has 6 unspecified atom stereocenters. The van der Waals surface area contributed by atoms with Gasteiger partial charge in [-0.25, -0.2) is 4.90 Å². The SMILES string of the molecule is CN(C)c1ccc(N=Nc2ccc(N3C(=O)C4CC=C5C(CC6C(=O)N(c7ccccc7)C(=O)C6(C)C5c5ccc6ccccc6c5O)C4C3=O)cc2)cc1. The maximum Gasteiger partial charge on any atom is 0.241 e. The van der Waals surface area contributed by atoms with Gasteiger partial charge in [0.25, 0.3) is 0 Å². The second-order valence-electron chi connectivity index (χ2n) is 15.4. The van der Waals surface area contributed by atoms with Crippen LogP contribution in [0.4, 0.5) is 28.4 Å². The molecule has 2 heterocycles. The zero-order chi connectivity index (χ0) is 38.2. The van der Waals surface area contributed by atoms with Crippen molar-refractivity contribution in [1.29, 1.82) is 0 Å². The number of phenolic OH excluding ortho intramolecular Hbond substituents is 1. The number of para-hydroxylation sites is 1. The predicted molar refractivity (Wildman–Crippen MR) is 211 cm³/mol. The van der Waals surface area contributed by atoms with Crippen molar-refractivity contribution in [1.82, 2.24) is 0 Å². The standard InChI is InChI=1S/C45H39N5O5/c1-45-37(42(53)50(44(45)55)30-10-5-4-6-11-30)25-36-33(39(45)35-22-13-26-9-7-8-12-32(26)40(35)51)23-24-34-38(36)43(54)49(41(34)52)31-20-16-28(17-21-31)47-46-27-14-18-29(19-15-27)48(2)3/h4-23,34,36-39,51H,24-25H2,1-3H3. The summed E-state index contributed by atoms with van der Waals surface area (Å²) >= 11 is 0. The Morgan fingerprint density at radius 2 is 1.33 bits per heavy atom. The molecule has 0 aromatic heterocycles. The van der Waals surface area contributed by atoms with Crippen LogP contribution in [0.1, 0.15) is 31.2 Å². The summed E-state index contributed by atoms with van der Waals surface area (Å²) in [6.45, 7) is 1.83. The summed E-state index contributed by atoms with van der Waals surface area (Å²) in [5.74, 6) is -4.63. The molecule has 2 aliphatic carbocycles. The average molecular weight is 730 g/mol. The highest BCUT2D eigenvalue weighted by Crippen LogP contribution is 2.64. The smallest absolute Gasteiger partial charge is 0.241 e. The summed E-state index contributed by atoms with van der Waals surface area (Å²) in [7, 11) is 3.94. The van der Waals surface area contributed by atoms with E-state index in [4.69, 9.17) is 0 Å². The first-order valence-electron chi connectivity index (χ1n) is 18.6. The lowest BCUT2D eigenvalue weighted by atomic mass is 9.51. The number of nitrogens with zero attached hydrogens (tertiary/aromatic N) is 5. The van der Waals surface area contributed by atoms with Gasteiger partial charge in [-0.1, -0.05) is 66.2 Å². The number of azo groups is 1. The molecule has 1 N–H and O–H groups in total. The van der Waals surface area contributed by atoms with Crippen LogP contribution in [0.3, 0.4) is 0 Å². The van der Waals surface area contributed by atoms with E-state index >= 15 is 0 Å². The summed E-state index contributed by atoms with van der Waals surface area (Å²) in [5, 5.41) is 22.1. The normalized spacial score (nSPS) is 26.0. The molecular weight excluding hydrogens is 691 g/mol. The molecule has 9 rings (SSSR count). The number of hydrogen-bond donors (Lipinski definition) is 1. The van der Waals surface area contributed by atoms with E-state index in [0.29, 0.717) is 40.1 Å². The molecular formula is C45H39N5O5. The number of rotatable bonds is 6. The molecule has 55 heavy (non-hydrogen) atoms. The number of phenols is 1. The molecule has 5 aromatic carbocycles. The van der Waals surface area contributed by atoms with Crippen molar-refractivity contribution in [2.24, 2.45) is 39.3 Å². The fourth-order valence-corrected chi connectivity index (χ4v) is 9.54. The number of benzene rings is 5. The van der Waals surface area contributed by atoms with Gasteiger partial charge in [0.15, 0.2) is 0 Å². The molecule has 3 fully saturated rings. The number of anilines is 3. The fraction of sp³-hybridized carbons (Fsp3) is 0.244. The van der Waals surface area contributed by atoms with Crippen molar-refractivity contribution in [3.8, 4) is 5.75 Å². The highest BCUT2D eigenvalue weighted by atomic mass is 16.3. The van der Waals surface area contributed by atoms with Crippen LogP contribution in [-0.2, 0) is 19.2 Å². The number of aromatic hydroxyl groups is 1. The highest BCUT2D eigenvalue weighted by molar-refractivity contribution is 6.25. The molecule has 274 valence electrons. The zero-order valence-electron chi connectivity index (χ0n) is 30.7. The maximum absolute atomic E-state index is 14.7. The summed E-state index contributed by atoms with van der Waals surface area (Å²) in [5.41, 5.74) is 3.32. The summed E-state index contributed by atoms with van der Waals surface area (Å²) < 4.78 is 0. The molecule has 0 bridgehead atoms. The van der Waals surface area contributed by atoms with Gasteiger partial charge in [-0.2, -0.15) is 10.2 Å². The lowest BCUT2D eigenvalue weighted by Crippen LogP contribution is -2.48. The largest absolute Gasteiger partial charge is 0.507 e. The van der Waals surface area contributed by atoms with Gasteiger partial charge in [-0.05, 0) is 91.7 Å². The number of hydrogen-bond acceptors (Lipinski definition) is 8. The van der Waals surface area contributed by atoms with Crippen LogP contribution in [0.2, 0.25) is 0 Å². The van der Waals surface area contributed by atoms with Gasteiger partial charge < -0.3 is 10.0 Å². The Labute approximate surface area is 318 Å². The van der Waals surface area contributed by atoms with Crippen molar-refractivity contribution in [3.63, 3.8) is 0 Å². The first-order chi connectivity index (χ1) is 26.6. The number of allylic oxidation sites excluding steroid dienone is 2. The first-order valence-corrected chi connectivity index (χ1v) is 18.6. The van der Waals surface area contributed by atoms with Crippen LogP contribution >= 0.6 is 0 Å². The molecule has 2 saturated heterocycles. The maximum atomic E-state index is 14.7. The van der Waals surface area contributed by atoms with Gasteiger partial charge >= 0.3 is 0 Å². The second-order valence-corrected chi connectivity index (χ2v) is 15.4. The monoisotopic (exact) mass is 729 g/mol. The highest BCUT2D eigenvalue weighted by Gasteiger charge is 2.68. The van der Waals surface area contributed by atoms with E-state index in [1.54, 1.807) is 48.5 Å². The Bertz CT molecular complexity index is 2460. The number of amides is 4. The summed E-state index contributed by atoms with van der Waals surface area (Å²) in [6.07, 6.45) is 2.52. The van der Waals surface area contributed by atoms with Crippen molar-refractivity contribution in [2.75, 3.05) is 28.8 Å². The van der Waals surface area contributed by atoms with E-state index in [-0.39, 0.29) is 35.8 Å². The van der Waals surface area contributed by atoms with Crippen LogP contribution in [0.5, 0.6) is 5.75 Å². The second kappa shape index (κ2) is 12.9. The Balaban J connectivity index is 1.07. The molecule has 2 aliphatic heterocycles. The minimum atomic E-state index is -1.26. The topological polar surface area (TPSA) is 123 Å². The molecule has 6 atom stereocenters. The van der Waals surface area contributed by atoms with Gasteiger partial charge in [-0.15, -0.1) is 0 Å². The van der Waals surface area contributed by atoms with Gasteiger partial charge in [0.05, 0.1) is 45.9 Å². The minimum Gasteiger partial charge on any atom is -0.507 e. The van der Waals surface area contributed by atoms with Crippen molar-refractivity contribution in [3.05, 3.63) is 132 Å². The third kappa shape index (κ3) is 5.22. The quantitative estimate of drug-likeness (QED) is 0.106. The van der Waals surface area contributed by atoms with Crippen LogP contribution < -0.4 is 14.7 Å². The van der Waals surface area contributed by atoms with E-state index < -0.39 is 35.0 Å². The van der Waals surface area contributed by atoms with Crippen molar-refractivity contribution < 1.29 is 24.3 Å². The lowest BCUT2D eigenvalue weighted by Gasteiger charge is -2.49. The molecule has 1 saturated carbocycles. The lowest BCUT2D eigenvalue weighted by molar-refractivity contribution is -0.131. The molecule has 4 aliphatic rings. The molecule has 0 radical (unpaired) electrons. The number of imide groups is 2. The van der Waals surface area contributed by atoms with Crippen molar-refractivity contribution >= 4 is 62.8 Å². The number of fused-ring (bicyclic) bond motifs is 5. The van der Waals surface area contributed by atoms with Crippen LogP contribution in [0.25, 0.3) is 10.8 Å². The molecule has 10 nitrogen and oxygen atoms in total. The van der Waals surface area contributed by atoms with Crippen LogP contribution in [0.15, 0.2) is 137 Å². The Kier molecular flexibility index (Phi) is 8.04. The predicted octanol–water partition coefficient (Wildman–Crippen LogP) is 8.46. The molecule has 10 heteroatoms. The van der Waals surface area contributed by atoms with E-state index in [9.17, 15) is 24.3 Å². The minimum absolute atomic E-state index is 0.0448. The van der Waals surface area contributed by atoms with E-state index in [1.807, 2.05) is 98.7 Å². The Morgan fingerprint density at radius 3 is 2.02 bits per heavy atom. The van der Waals surface area contributed by atoms with Crippen LogP contribution in [0, 0.1) is 29.1 Å². The Morgan fingerprint density at radius 1 is 0.691 bits per heavy atom. The first kappa shape index (κ1) is 34.4. The third-order valence-corrected chi connectivity index (χ3v) is 12.3. The van der Waals surface area contributed by atoms with Gasteiger partial charge in [0, 0.05) is 36.7 Å². The fourth-order valence-electron chi connectivity index (χ4n) is 9.54. The van der Waals surface area contributed by atoms with Gasteiger partial charge in [0.1, 0.15) is 5.75 Å². The molecule has 4 amide bonds. The van der Waals surface area contributed by atoms with E-state index in [1.165, 1.54) is 9.80 Å². The average Bonchev–Trinajstić information content (AvgIpc) is 3.57. The van der Waals surface area contributed by atoms with Crippen molar-refractivity contribution in [2.45, 2.75) is 25.7 Å². The van der Waals surface area contributed by atoms with Gasteiger partial charge in [-0.3, -0.25) is 24.1 Å². The van der Waals surface area contributed by atoms with Gasteiger partial charge in [0.2, 0.25) is 23.6 Å². The third-order valence-electron chi connectivity index (χ3n) is 12.3. The summed E-state index contributed by atoms with van der Waals surface area (Å²) in [6, 6.07) is 34.7. The zero-order valence-corrected chi connectivity index (χ0v) is 30.7. The van der Waals surface area contributed by atoms with E-state index in [2.05, 4.69) is 10.2 Å². The number of carbonyl (C=O) groups excluding carboxylic acids is 4. The molecule has 0 spiro atoms. The number of carbonyl (C=O) groups is 4.